The number of hydrogen-bond acceptors (Lipinski definition) is 3. The molecule has 0 atom stereocenters. The molecule has 4 nitrogen and oxygen atoms in total. The number of rotatable bonds is 4. The quantitative estimate of drug-likeness (QED) is 0.766. The van der Waals surface area contributed by atoms with Crippen molar-refractivity contribution in [1.29, 1.82) is 0 Å². The van der Waals surface area contributed by atoms with Crippen molar-refractivity contribution in [2.24, 2.45) is 0 Å². The van der Waals surface area contributed by atoms with Gasteiger partial charge in [0.1, 0.15) is 5.78 Å². The zero-order valence-corrected chi connectivity index (χ0v) is 11.3. The topological polar surface area (TPSA) is 40.6 Å². The molecule has 0 radical (unpaired) electrons. The van der Waals surface area contributed by atoms with Crippen LogP contribution in [-0.2, 0) is 16.1 Å². The van der Waals surface area contributed by atoms with Crippen molar-refractivity contribution in [3.8, 4) is 0 Å². The molecule has 4 heteroatoms. The van der Waals surface area contributed by atoms with Crippen LogP contribution in [0.5, 0.6) is 0 Å². The lowest BCUT2D eigenvalue weighted by molar-refractivity contribution is -0.136. The van der Waals surface area contributed by atoms with Crippen molar-refractivity contribution >= 4 is 11.7 Å². The minimum Gasteiger partial charge on any atom is -0.340 e. The highest BCUT2D eigenvalue weighted by Crippen LogP contribution is 2.09. The van der Waals surface area contributed by atoms with Crippen molar-refractivity contribution in [1.82, 2.24) is 9.80 Å². The summed E-state index contributed by atoms with van der Waals surface area (Å²) in [5.41, 5.74) is 1.30. The number of Topliss-reactive ketones (excluding diaryl/α,β-unsaturated/α-hetero) is 1. The predicted octanol–water partition coefficient (Wildman–Crippen LogP) is 1.31. The van der Waals surface area contributed by atoms with E-state index >= 15 is 0 Å². The second-order valence-electron chi connectivity index (χ2n) is 5.02. The first-order chi connectivity index (χ1) is 9.15. The first-order valence-corrected chi connectivity index (χ1v) is 6.68. The van der Waals surface area contributed by atoms with Crippen LogP contribution in [0.25, 0.3) is 0 Å². The van der Waals surface area contributed by atoms with Gasteiger partial charge in [-0.1, -0.05) is 30.3 Å². The van der Waals surface area contributed by atoms with Crippen LogP contribution in [0, 0.1) is 0 Å². The summed E-state index contributed by atoms with van der Waals surface area (Å²) in [5.74, 6) is -0.0939. The molecule has 1 saturated heterocycles. The number of benzene rings is 1. The monoisotopic (exact) mass is 260 g/mol. The molecule has 0 unspecified atom stereocenters. The number of piperazine rings is 1. The minimum atomic E-state index is -0.0586. The normalized spacial score (nSPS) is 16.4. The van der Waals surface area contributed by atoms with Crippen molar-refractivity contribution in [2.75, 3.05) is 26.2 Å². The first kappa shape index (κ1) is 13.7. The first-order valence-electron chi connectivity index (χ1n) is 6.68. The maximum Gasteiger partial charge on any atom is 0.230 e. The van der Waals surface area contributed by atoms with Crippen LogP contribution in [0.1, 0.15) is 18.9 Å². The molecule has 1 heterocycles. The largest absolute Gasteiger partial charge is 0.340 e. The molecule has 0 N–H and O–H groups in total. The summed E-state index contributed by atoms with van der Waals surface area (Å²) in [6.07, 6.45) is 0.0404. The van der Waals surface area contributed by atoms with Crippen LogP contribution < -0.4 is 0 Å². The molecule has 1 aromatic rings. The summed E-state index contributed by atoms with van der Waals surface area (Å²) in [4.78, 5) is 26.8. The van der Waals surface area contributed by atoms with Crippen LogP contribution in [0.2, 0.25) is 0 Å². The Morgan fingerprint density at radius 3 is 2.26 bits per heavy atom. The number of amides is 1. The van der Waals surface area contributed by atoms with Gasteiger partial charge in [0.25, 0.3) is 0 Å². The van der Waals surface area contributed by atoms with Crippen molar-refractivity contribution in [2.45, 2.75) is 19.9 Å². The second-order valence-corrected chi connectivity index (χ2v) is 5.02. The van der Waals surface area contributed by atoms with Gasteiger partial charge in [0.2, 0.25) is 5.91 Å². The molecule has 2 rings (SSSR count). The lowest BCUT2D eigenvalue weighted by Crippen LogP contribution is -2.48. The maximum atomic E-state index is 11.8. The average molecular weight is 260 g/mol. The van der Waals surface area contributed by atoms with Crippen molar-refractivity contribution < 1.29 is 9.59 Å². The third kappa shape index (κ3) is 4.17. The number of hydrogen-bond donors (Lipinski definition) is 0. The van der Waals surface area contributed by atoms with Gasteiger partial charge < -0.3 is 4.90 Å². The molecular weight excluding hydrogens is 240 g/mol. The Labute approximate surface area is 114 Å². The van der Waals surface area contributed by atoms with Gasteiger partial charge in [0, 0.05) is 32.7 Å². The van der Waals surface area contributed by atoms with Crippen LogP contribution in [-0.4, -0.2) is 47.7 Å². The van der Waals surface area contributed by atoms with Gasteiger partial charge in [-0.3, -0.25) is 14.5 Å². The van der Waals surface area contributed by atoms with Gasteiger partial charge in [-0.05, 0) is 12.5 Å². The van der Waals surface area contributed by atoms with Crippen LogP contribution in [0.3, 0.4) is 0 Å². The molecule has 0 spiro atoms. The SMILES string of the molecule is CC(=O)CC(=O)N1CCN(Cc2ccccc2)CC1. The molecule has 0 bridgehead atoms. The van der Waals surface area contributed by atoms with E-state index in [1.54, 1.807) is 4.90 Å². The van der Waals surface area contributed by atoms with E-state index < -0.39 is 0 Å². The van der Waals surface area contributed by atoms with Gasteiger partial charge in [0.05, 0.1) is 6.42 Å². The summed E-state index contributed by atoms with van der Waals surface area (Å²) >= 11 is 0. The van der Waals surface area contributed by atoms with Gasteiger partial charge in [0.15, 0.2) is 0 Å². The Morgan fingerprint density at radius 1 is 1.05 bits per heavy atom. The lowest BCUT2D eigenvalue weighted by atomic mass is 10.2. The highest BCUT2D eigenvalue weighted by atomic mass is 16.2. The summed E-state index contributed by atoms with van der Waals surface area (Å²) in [6, 6.07) is 10.3. The van der Waals surface area contributed by atoms with E-state index in [1.165, 1.54) is 12.5 Å². The van der Waals surface area contributed by atoms with Gasteiger partial charge >= 0.3 is 0 Å². The van der Waals surface area contributed by atoms with Crippen LogP contribution >= 0.6 is 0 Å². The van der Waals surface area contributed by atoms with E-state index in [1.807, 2.05) is 18.2 Å². The third-order valence-electron chi connectivity index (χ3n) is 3.37. The second kappa shape index (κ2) is 6.48. The molecule has 102 valence electrons. The molecule has 1 fully saturated rings. The molecular formula is C15H20N2O2. The van der Waals surface area contributed by atoms with E-state index in [-0.39, 0.29) is 18.1 Å². The van der Waals surface area contributed by atoms with Crippen molar-refractivity contribution in [3.63, 3.8) is 0 Å². The third-order valence-corrected chi connectivity index (χ3v) is 3.37. The Bertz CT molecular complexity index is 437. The molecule has 1 amide bonds. The smallest absolute Gasteiger partial charge is 0.230 e. The zero-order chi connectivity index (χ0) is 13.7. The number of nitrogens with zero attached hydrogens (tertiary/aromatic N) is 2. The highest BCUT2D eigenvalue weighted by Gasteiger charge is 2.21. The predicted molar refractivity (Wildman–Crippen MR) is 73.6 cm³/mol. The molecule has 0 aromatic heterocycles. The fourth-order valence-corrected chi connectivity index (χ4v) is 2.32. The zero-order valence-electron chi connectivity index (χ0n) is 11.3. The molecule has 0 aliphatic carbocycles. The highest BCUT2D eigenvalue weighted by molar-refractivity contribution is 5.96. The van der Waals surface area contributed by atoms with Gasteiger partial charge in [-0.2, -0.15) is 0 Å². The van der Waals surface area contributed by atoms with Crippen LogP contribution in [0.15, 0.2) is 30.3 Å². The van der Waals surface area contributed by atoms with Gasteiger partial charge in [-0.25, -0.2) is 0 Å². The average Bonchev–Trinajstić information content (AvgIpc) is 2.40. The lowest BCUT2D eigenvalue weighted by Gasteiger charge is -2.34. The Balaban J connectivity index is 1.79. The van der Waals surface area contributed by atoms with Crippen LogP contribution in [0.4, 0.5) is 0 Å². The summed E-state index contributed by atoms with van der Waals surface area (Å²) < 4.78 is 0. The fraction of sp³-hybridized carbons (Fsp3) is 0.467. The Hall–Kier alpha value is -1.68. The Morgan fingerprint density at radius 2 is 1.68 bits per heavy atom. The standard InChI is InChI=1S/C15H20N2O2/c1-13(18)11-15(19)17-9-7-16(8-10-17)12-14-5-3-2-4-6-14/h2-6H,7-12H2,1H3. The van der Waals surface area contributed by atoms with E-state index in [0.717, 1.165) is 32.7 Å². The fourth-order valence-electron chi connectivity index (χ4n) is 2.32. The van der Waals surface area contributed by atoms with Crippen molar-refractivity contribution in [3.05, 3.63) is 35.9 Å². The molecule has 1 aromatic carbocycles. The number of ketones is 1. The summed E-state index contributed by atoms with van der Waals surface area (Å²) in [7, 11) is 0. The number of carbonyl (C=O) groups is 2. The van der Waals surface area contributed by atoms with Gasteiger partial charge in [-0.15, -0.1) is 0 Å². The molecule has 19 heavy (non-hydrogen) atoms. The summed E-state index contributed by atoms with van der Waals surface area (Å²) in [6.45, 7) is 5.58. The maximum absolute atomic E-state index is 11.8. The van der Waals surface area contributed by atoms with E-state index in [2.05, 4.69) is 17.0 Å². The Kier molecular flexibility index (Phi) is 4.68. The molecule has 0 saturated carbocycles. The van der Waals surface area contributed by atoms with E-state index in [0.29, 0.717) is 0 Å². The summed E-state index contributed by atoms with van der Waals surface area (Å²) in [5, 5.41) is 0. The van der Waals surface area contributed by atoms with E-state index in [4.69, 9.17) is 0 Å². The molecule has 1 aliphatic rings. The molecule has 1 aliphatic heterocycles. The van der Waals surface area contributed by atoms with E-state index in [9.17, 15) is 9.59 Å². The number of carbonyl (C=O) groups excluding carboxylic acids is 2. The minimum absolute atomic E-state index is 0.0353.